The van der Waals surface area contributed by atoms with Gasteiger partial charge >= 0.3 is 0 Å². The Bertz CT molecular complexity index is 376. The molecule has 0 amide bonds. The van der Waals surface area contributed by atoms with Gasteiger partial charge in [0.05, 0.1) is 18.8 Å². The van der Waals surface area contributed by atoms with Crippen molar-refractivity contribution in [2.75, 3.05) is 33.9 Å². The van der Waals surface area contributed by atoms with Gasteiger partial charge in [0.2, 0.25) is 0 Å². The Labute approximate surface area is 107 Å². The van der Waals surface area contributed by atoms with E-state index in [0.717, 1.165) is 37.9 Å². The van der Waals surface area contributed by atoms with Crippen LogP contribution >= 0.6 is 0 Å². The first kappa shape index (κ1) is 12.9. The first-order valence-electron chi connectivity index (χ1n) is 6.26. The molecular weight excluding hydrogens is 230 g/mol. The highest BCUT2D eigenvalue weighted by molar-refractivity contribution is 5.80. The van der Waals surface area contributed by atoms with Crippen molar-refractivity contribution in [1.29, 1.82) is 0 Å². The standard InChI is InChI=1S/C12H21N5O/c1-13-12(14-7-11-3-5-15-16-11)17-6-4-10(8-17)9-18-2/h3,5,10H,4,6-9H2,1-2H3,(H,13,14)(H,15,16). The lowest BCUT2D eigenvalue weighted by atomic mass is 10.1. The van der Waals surface area contributed by atoms with Crippen LogP contribution < -0.4 is 5.32 Å². The van der Waals surface area contributed by atoms with Crippen LogP contribution in [0.1, 0.15) is 12.1 Å². The molecule has 6 heteroatoms. The van der Waals surface area contributed by atoms with Crippen molar-refractivity contribution < 1.29 is 4.74 Å². The Morgan fingerprint density at radius 1 is 1.72 bits per heavy atom. The number of ether oxygens (including phenoxy) is 1. The summed E-state index contributed by atoms with van der Waals surface area (Å²) >= 11 is 0. The number of hydrogen-bond donors (Lipinski definition) is 2. The van der Waals surface area contributed by atoms with Gasteiger partial charge in [-0.15, -0.1) is 0 Å². The second-order valence-corrected chi connectivity index (χ2v) is 4.54. The van der Waals surface area contributed by atoms with E-state index < -0.39 is 0 Å². The molecule has 1 aromatic heterocycles. The zero-order valence-electron chi connectivity index (χ0n) is 11.0. The van der Waals surface area contributed by atoms with Gasteiger partial charge in [-0.1, -0.05) is 0 Å². The van der Waals surface area contributed by atoms with Crippen LogP contribution in [-0.2, 0) is 11.3 Å². The minimum absolute atomic E-state index is 0.612. The number of hydrogen-bond acceptors (Lipinski definition) is 3. The Morgan fingerprint density at radius 3 is 3.28 bits per heavy atom. The molecule has 6 nitrogen and oxygen atoms in total. The highest BCUT2D eigenvalue weighted by atomic mass is 16.5. The molecule has 18 heavy (non-hydrogen) atoms. The number of likely N-dealkylation sites (tertiary alicyclic amines) is 1. The number of nitrogens with zero attached hydrogens (tertiary/aromatic N) is 3. The van der Waals surface area contributed by atoms with E-state index in [4.69, 9.17) is 4.74 Å². The fourth-order valence-corrected chi connectivity index (χ4v) is 2.29. The molecule has 0 spiro atoms. The van der Waals surface area contributed by atoms with Gasteiger partial charge in [0.25, 0.3) is 0 Å². The largest absolute Gasteiger partial charge is 0.384 e. The van der Waals surface area contributed by atoms with Crippen LogP contribution in [0.2, 0.25) is 0 Å². The predicted molar refractivity (Wildman–Crippen MR) is 70.3 cm³/mol. The number of rotatable bonds is 4. The Morgan fingerprint density at radius 2 is 2.61 bits per heavy atom. The third kappa shape index (κ3) is 3.22. The molecule has 0 saturated carbocycles. The SMILES string of the molecule is CN=C(NCc1ccn[nH]1)N1CCC(COC)C1. The number of nitrogens with one attached hydrogen (secondary N) is 2. The van der Waals surface area contributed by atoms with Crippen molar-refractivity contribution in [3.63, 3.8) is 0 Å². The average Bonchev–Trinajstić information content (AvgIpc) is 3.02. The summed E-state index contributed by atoms with van der Waals surface area (Å²) in [5.74, 6) is 1.56. The highest BCUT2D eigenvalue weighted by Crippen LogP contribution is 2.16. The molecule has 0 aromatic carbocycles. The van der Waals surface area contributed by atoms with E-state index >= 15 is 0 Å². The van der Waals surface area contributed by atoms with Gasteiger partial charge in [-0.2, -0.15) is 5.10 Å². The van der Waals surface area contributed by atoms with Crippen molar-refractivity contribution in [2.24, 2.45) is 10.9 Å². The second kappa shape index (κ2) is 6.39. The molecule has 1 aliphatic rings. The molecule has 0 bridgehead atoms. The quantitative estimate of drug-likeness (QED) is 0.602. The van der Waals surface area contributed by atoms with Crippen LogP contribution in [0.15, 0.2) is 17.3 Å². The molecule has 2 N–H and O–H groups in total. The maximum Gasteiger partial charge on any atom is 0.193 e. The van der Waals surface area contributed by atoms with Crippen LogP contribution in [0.3, 0.4) is 0 Å². The molecule has 1 fully saturated rings. The van der Waals surface area contributed by atoms with Gasteiger partial charge in [-0.05, 0) is 12.5 Å². The van der Waals surface area contributed by atoms with Crippen LogP contribution in [-0.4, -0.2) is 54.9 Å². The first-order chi connectivity index (χ1) is 8.83. The molecule has 0 aliphatic carbocycles. The van der Waals surface area contributed by atoms with Gasteiger partial charge in [0, 0.05) is 39.4 Å². The molecule has 0 radical (unpaired) electrons. The number of aromatic amines is 1. The van der Waals surface area contributed by atoms with Crippen molar-refractivity contribution >= 4 is 5.96 Å². The van der Waals surface area contributed by atoms with Crippen molar-refractivity contribution in [1.82, 2.24) is 20.4 Å². The van der Waals surface area contributed by atoms with Gasteiger partial charge in [-0.3, -0.25) is 10.1 Å². The predicted octanol–water partition coefficient (Wildman–Crippen LogP) is 0.453. The third-order valence-electron chi connectivity index (χ3n) is 3.19. The van der Waals surface area contributed by atoms with Crippen molar-refractivity contribution in [3.05, 3.63) is 18.0 Å². The summed E-state index contributed by atoms with van der Waals surface area (Å²) in [5, 5.41) is 10.2. The van der Waals surface area contributed by atoms with Crippen LogP contribution in [0, 0.1) is 5.92 Å². The van der Waals surface area contributed by atoms with E-state index in [2.05, 4.69) is 25.4 Å². The lowest BCUT2D eigenvalue weighted by molar-refractivity contribution is 0.157. The van der Waals surface area contributed by atoms with E-state index in [9.17, 15) is 0 Å². The fourth-order valence-electron chi connectivity index (χ4n) is 2.29. The van der Waals surface area contributed by atoms with E-state index in [-0.39, 0.29) is 0 Å². The number of aliphatic imine (C=N–C) groups is 1. The summed E-state index contributed by atoms with van der Waals surface area (Å²) in [4.78, 5) is 6.60. The maximum atomic E-state index is 5.21. The van der Waals surface area contributed by atoms with Crippen LogP contribution in [0.4, 0.5) is 0 Å². The minimum Gasteiger partial charge on any atom is -0.384 e. The molecule has 2 heterocycles. The van der Waals surface area contributed by atoms with Crippen molar-refractivity contribution in [2.45, 2.75) is 13.0 Å². The molecule has 1 unspecified atom stereocenters. The molecule has 2 rings (SSSR count). The molecule has 1 saturated heterocycles. The molecular formula is C12H21N5O. The first-order valence-corrected chi connectivity index (χ1v) is 6.26. The zero-order valence-corrected chi connectivity index (χ0v) is 11.0. The van der Waals surface area contributed by atoms with Gasteiger partial charge < -0.3 is 15.0 Å². The van der Waals surface area contributed by atoms with Gasteiger partial charge in [0.1, 0.15) is 0 Å². The van der Waals surface area contributed by atoms with Gasteiger partial charge in [-0.25, -0.2) is 0 Å². The minimum atomic E-state index is 0.612. The van der Waals surface area contributed by atoms with E-state index in [1.165, 1.54) is 6.42 Å². The summed E-state index contributed by atoms with van der Waals surface area (Å²) in [7, 11) is 3.58. The average molecular weight is 251 g/mol. The van der Waals surface area contributed by atoms with Gasteiger partial charge in [0.15, 0.2) is 5.96 Å². The summed E-state index contributed by atoms with van der Waals surface area (Å²) < 4.78 is 5.21. The van der Waals surface area contributed by atoms with E-state index in [1.807, 2.05) is 13.1 Å². The molecule has 1 aliphatic heterocycles. The monoisotopic (exact) mass is 251 g/mol. The summed E-state index contributed by atoms with van der Waals surface area (Å²) in [6, 6.07) is 1.96. The Balaban J connectivity index is 1.82. The smallest absolute Gasteiger partial charge is 0.193 e. The summed E-state index contributed by atoms with van der Waals surface area (Å²) in [6.07, 6.45) is 2.92. The van der Waals surface area contributed by atoms with Crippen LogP contribution in [0.25, 0.3) is 0 Å². The highest BCUT2D eigenvalue weighted by Gasteiger charge is 2.24. The lowest BCUT2D eigenvalue weighted by Crippen LogP contribution is -2.39. The summed E-state index contributed by atoms with van der Waals surface area (Å²) in [5.41, 5.74) is 1.06. The second-order valence-electron chi connectivity index (χ2n) is 4.54. The molecule has 100 valence electrons. The number of aromatic nitrogens is 2. The molecule has 1 aromatic rings. The molecule has 1 atom stereocenters. The number of H-pyrrole nitrogens is 1. The Kier molecular flexibility index (Phi) is 4.58. The lowest BCUT2D eigenvalue weighted by Gasteiger charge is -2.21. The maximum absolute atomic E-state index is 5.21. The normalized spacial score (nSPS) is 20.4. The summed E-state index contributed by atoms with van der Waals surface area (Å²) in [6.45, 7) is 3.60. The van der Waals surface area contributed by atoms with E-state index in [1.54, 1.807) is 13.3 Å². The number of methoxy groups -OCH3 is 1. The zero-order chi connectivity index (χ0) is 12.8. The fraction of sp³-hybridized carbons (Fsp3) is 0.667. The third-order valence-corrected chi connectivity index (χ3v) is 3.19. The number of guanidine groups is 1. The van der Waals surface area contributed by atoms with Crippen LogP contribution in [0.5, 0.6) is 0 Å². The topological polar surface area (TPSA) is 65.5 Å². The van der Waals surface area contributed by atoms with E-state index in [0.29, 0.717) is 5.92 Å². The Hall–Kier alpha value is -1.56. The van der Waals surface area contributed by atoms with Crippen molar-refractivity contribution in [3.8, 4) is 0 Å².